The molecule has 0 heterocycles. The first-order valence-electron chi connectivity index (χ1n) is 7.45. The minimum Gasteiger partial charge on any atom is -0.382 e. The van der Waals surface area contributed by atoms with Crippen molar-refractivity contribution in [1.82, 2.24) is 15.5 Å². The summed E-state index contributed by atoms with van der Waals surface area (Å²) < 4.78 is 5.30. The van der Waals surface area contributed by atoms with Gasteiger partial charge < -0.3 is 15.4 Å². The molecule has 1 atom stereocenters. The summed E-state index contributed by atoms with van der Waals surface area (Å²) in [5.41, 5.74) is 0. The molecule has 0 aliphatic heterocycles. The molecule has 0 radical (unpaired) electrons. The number of guanidine groups is 1. The quantitative estimate of drug-likeness (QED) is 0.358. The van der Waals surface area contributed by atoms with Crippen molar-refractivity contribution in [2.24, 2.45) is 4.99 Å². The van der Waals surface area contributed by atoms with Gasteiger partial charge in [-0.05, 0) is 33.4 Å². The number of aliphatic imine (C=N–C) groups is 1. The Morgan fingerprint density at radius 3 is 2.42 bits per heavy atom. The summed E-state index contributed by atoms with van der Waals surface area (Å²) in [6.45, 7) is 14.2. The zero-order valence-corrected chi connectivity index (χ0v) is 13.3. The molecule has 1 unspecified atom stereocenters. The minimum atomic E-state index is 0.511. The largest absolute Gasteiger partial charge is 0.382 e. The Morgan fingerprint density at radius 1 is 1.21 bits per heavy atom. The molecule has 0 aromatic carbocycles. The highest BCUT2D eigenvalue weighted by molar-refractivity contribution is 5.79. The second-order valence-electron chi connectivity index (χ2n) is 4.50. The van der Waals surface area contributed by atoms with Gasteiger partial charge in [0.25, 0.3) is 0 Å². The summed E-state index contributed by atoms with van der Waals surface area (Å²) in [6.07, 6.45) is 1.00. The molecule has 0 spiro atoms. The van der Waals surface area contributed by atoms with E-state index in [0.717, 1.165) is 51.8 Å². The Hall–Kier alpha value is -0.810. The Morgan fingerprint density at radius 2 is 1.89 bits per heavy atom. The summed E-state index contributed by atoms with van der Waals surface area (Å²) >= 11 is 0. The summed E-state index contributed by atoms with van der Waals surface area (Å²) in [6, 6.07) is 0.511. The topological polar surface area (TPSA) is 48.9 Å². The van der Waals surface area contributed by atoms with Crippen LogP contribution in [0.15, 0.2) is 4.99 Å². The van der Waals surface area contributed by atoms with Gasteiger partial charge >= 0.3 is 0 Å². The van der Waals surface area contributed by atoms with Gasteiger partial charge in [0.05, 0.1) is 0 Å². The molecular weight excluding hydrogens is 240 g/mol. The zero-order chi connectivity index (χ0) is 14.5. The monoisotopic (exact) mass is 272 g/mol. The van der Waals surface area contributed by atoms with Gasteiger partial charge in [-0.2, -0.15) is 0 Å². The Balaban J connectivity index is 3.81. The van der Waals surface area contributed by atoms with E-state index >= 15 is 0 Å². The van der Waals surface area contributed by atoms with Crippen molar-refractivity contribution in [3.8, 4) is 0 Å². The van der Waals surface area contributed by atoms with Crippen molar-refractivity contribution in [1.29, 1.82) is 0 Å². The van der Waals surface area contributed by atoms with Crippen LogP contribution in [0, 0.1) is 0 Å². The molecule has 5 heteroatoms. The highest BCUT2D eigenvalue weighted by Gasteiger charge is 2.09. The van der Waals surface area contributed by atoms with E-state index in [2.05, 4.69) is 41.3 Å². The van der Waals surface area contributed by atoms with E-state index in [4.69, 9.17) is 4.74 Å². The molecule has 0 bridgehead atoms. The third-order valence-corrected chi connectivity index (χ3v) is 3.19. The summed E-state index contributed by atoms with van der Waals surface area (Å²) in [4.78, 5) is 6.65. The smallest absolute Gasteiger partial charge is 0.191 e. The number of ether oxygens (including phenoxy) is 1. The maximum absolute atomic E-state index is 5.30. The second-order valence-corrected chi connectivity index (χ2v) is 4.50. The van der Waals surface area contributed by atoms with Crippen LogP contribution in [0.4, 0.5) is 0 Å². The van der Waals surface area contributed by atoms with Crippen molar-refractivity contribution in [2.75, 3.05) is 46.4 Å². The van der Waals surface area contributed by atoms with E-state index in [-0.39, 0.29) is 0 Å². The van der Waals surface area contributed by atoms with Crippen LogP contribution >= 0.6 is 0 Å². The zero-order valence-electron chi connectivity index (χ0n) is 13.3. The lowest BCUT2D eigenvalue weighted by atomic mass is 10.3. The summed E-state index contributed by atoms with van der Waals surface area (Å²) in [5.74, 6) is 0.871. The molecule has 0 aliphatic carbocycles. The lowest BCUT2D eigenvalue weighted by Gasteiger charge is -2.27. The van der Waals surface area contributed by atoms with Crippen LogP contribution in [0.5, 0.6) is 0 Å². The van der Waals surface area contributed by atoms with Gasteiger partial charge in [0.2, 0.25) is 0 Å². The van der Waals surface area contributed by atoms with Crippen LogP contribution in [-0.4, -0.2) is 63.3 Å². The Kier molecular flexibility index (Phi) is 11.7. The lowest BCUT2D eigenvalue weighted by molar-refractivity contribution is 0.145. The summed E-state index contributed by atoms with van der Waals surface area (Å²) in [7, 11) is 1.81. The first kappa shape index (κ1) is 18.2. The van der Waals surface area contributed by atoms with Crippen molar-refractivity contribution in [3.05, 3.63) is 0 Å². The van der Waals surface area contributed by atoms with E-state index in [1.54, 1.807) is 7.05 Å². The lowest BCUT2D eigenvalue weighted by Crippen LogP contribution is -2.46. The second kappa shape index (κ2) is 12.2. The van der Waals surface area contributed by atoms with Crippen molar-refractivity contribution >= 4 is 5.96 Å². The molecule has 19 heavy (non-hydrogen) atoms. The number of likely N-dealkylation sites (N-methyl/N-ethyl adjacent to an activating group) is 1. The fourth-order valence-corrected chi connectivity index (χ4v) is 1.97. The highest BCUT2D eigenvalue weighted by Crippen LogP contribution is 1.96. The molecule has 0 aromatic heterocycles. The fraction of sp³-hybridized carbons (Fsp3) is 0.929. The molecule has 0 aromatic rings. The number of hydrogen-bond acceptors (Lipinski definition) is 3. The third-order valence-electron chi connectivity index (χ3n) is 3.19. The number of rotatable bonds is 10. The molecule has 0 rings (SSSR count). The van der Waals surface area contributed by atoms with Crippen molar-refractivity contribution < 1.29 is 4.74 Å². The number of nitrogens with one attached hydrogen (secondary N) is 2. The molecular formula is C14H32N4O. The van der Waals surface area contributed by atoms with Gasteiger partial charge in [-0.3, -0.25) is 9.89 Å². The Labute approximate surface area is 118 Å². The maximum atomic E-state index is 5.30. The molecule has 114 valence electrons. The van der Waals surface area contributed by atoms with E-state index in [1.165, 1.54) is 0 Å². The van der Waals surface area contributed by atoms with Crippen LogP contribution < -0.4 is 10.6 Å². The molecule has 2 N–H and O–H groups in total. The normalized spacial score (nSPS) is 13.7. The average molecular weight is 272 g/mol. The van der Waals surface area contributed by atoms with E-state index in [1.807, 2.05) is 6.92 Å². The predicted molar refractivity (Wildman–Crippen MR) is 82.9 cm³/mol. The number of nitrogens with zero attached hydrogens (tertiary/aromatic N) is 2. The molecule has 0 amide bonds. The molecule has 0 aliphatic rings. The van der Waals surface area contributed by atoms with Gasteiger partial charge in [-0.1, -0.05) is 13.8 Å². The standard InChI is InChI=1S/C14H32N4O/c1-6-18(7-2)13(4)12-17-14(15-5)16-10-9-11-19-8-3/h13H,6-12H2,1-5H3,(H2,15,16,17). The highest BCUT2D eigenvalue weighted by atomic mass is 16.5. The van der Waals surface area contributed by atoms with Gasteiger partial charge in [0.1, 0.15) is 0 Å². The van der Waals surface area contributed by atoms with Crippen LogP contribution in [0.25, 0.3) is 0 Å². The maximum Gasteiger partial charge on any atom is 0.191 e. The van der Waals surface area contributed by atoms with Crippen molar-refractivity contribution in [2.45, 2.75) is 40.2 Å². The van der Waals surface area contributed by atoms with E-state index < -0.39 is 0 Å². The molecule has 0 saturated carbocycles. The molecule has 5 nitrogen and oxygen atoms in total. The first-order chi connectivity index (χ1) is 9.19. The van der Waals surface area contributed by atoms with Crippen molar-refractivity contribution in [3.63, 3.8) is 0 Å². The van der Waals surface area contributed by atoms with E-state index in [0.29, 0.717) is 6.04 Å². The Bertz CT molecular complexity index is 229. The fourth-order valence-electron chi connectivity index (χ4n) is 1.97. The first-order valence-corrected chi connectivity index (χ1v) is 7.45. The van der Waals surface area contributed by atoms with Gasteiger partial charge in [0, 0.05) is 39.4 Å². The predicted octanol–water partition coefficient (Wildman–Crippen LogP) is 1.31. The number of hydrogen-bond donors (Lipinski definition) is 2. The van der Waals surface area contributed by atoms with Crippen LogP contribution in [0.2, 0.25) is 0 Å². The van der Waals surface area contributed by atoms with Crippen LogP contribution in [0.1, 0.15) is 34.1 Å². The molecule has 0 fully saturated rings. The molecule has 0 saturated heterocycles. The van der Waals surface area contributed by atoms with Gasteiger partial charge in [0.15, 0.2) is 5.96 Å². The SMILES string of the molecule is CCOCCCNC(=NC)NCC(C)N(CC)CC. The summed E-state index contributed by atoms with van der Waals surface area (Å²) in [5, 5.41) is 6.66. The van der Waals surface area contributed by atoms with Gasteiger partial charge in [-0.25, -0.2) is 0 Å². The van der Waals surface area contributed by atoms with E-state index in [9.17, 15) is 0 Å². The van der Waals surface area contributed by atoms with Crippen LogP contribution in [0.3, 0.4) is 0 Å². The minimum absolute atomic E-state index is 0.511. The van der Waals surface area contributed by atoms with Crippen LogP contribution in [-0.2, 0) is 4.74 Å². The average Bonchev–Trinajstić information content (AvgIpc) is 2.43. The third kappa shape index (κ3) is 8.83. The van der Waals surface area contributed by atoms with Gasteiger partial charge in [-0.15, -0.1) is 0 Å².